The van der Waals surface area contributed by atoms with Crippen LogP contribution in [-0.2, 0) is 0 Å². The van der Waals surface area contributed by atoms with Gasteiger partial charge in [-0.25, -0.2) is 13.2 Å². The second-order valence-electron chi connectivity index (χ2n) is 3.07. The lowest BCUT2D eigenvalue weighted by Gasteiger charge is -2.07. The predicted molar refractivity (Wildman–Crippen MR) is 46.1 cm³/mol. The number of aryl methyl sites for hydroxylation is 1. The van der Waals surface area contributed by atoms with Crippen LogP contribution in [0.2, 0.25) is 0 Å². The molecule has 0 saturated heterocycles. The summed E-state index contributed by atoms with van der Waals surface area (Å²) in [5.74, 6) is -1.66. The van der Waals surface area contributed by atoms with E-state index in [-0.39, 0.29) is 5.56 Å². The van der Waals surface area contributed by atoms with Crippen LogP contribution in [0.5, 0.6) is 0 Å². The van der Waals surface area contributed by atoms with Crippen LogP contribution in [0.4, 0.5) is 13.2 Å². The summed E-state index contributed by atoms with van der Waals surface area (Å²) in [6, 6.07) is 2.32. The topological polar surface area (TPSA) is 17.1 Å². The molecule has 0 aliphatic rings. The van der Waals surface area contributed by atoms with Crippen molar-refractivity contribution < 1.29 is 18.0 Å². The highest BCUT2D eigenvalue weighted by Crippen LogP contribution is 2.25. The number of ketones is 1. The molecule has 1 aromatic carbocycles. The summed E-state index contributed by atoms with van der Waals surface area (Å²) in [7, 11) is 0. The SMILES string of the molecule is CC(=O)c1cc(C)cc(C(F)F)c1F. The minimum Gasteiger partial charge on any atom is -0.294 e. The van der Waals surface area contributed by atoms with E-state index in [0.717, 1.165) is 13.0 Å². The average molecular weight is 202 g/mol. The van der Waals surface area contributed by atoms with Crippen LogP contribution in [0.3, 0.4) is 0 Å². The molecule has 0 unspecified atom stereocenters. The van der Waals surface area contributed by atoms with Gasteiger partial charge in [-0.1, -0.05) is 0 Å². The molecule has 0 spiro atoms. The molecule has 1 nitrogen and oxygen atoms in total. The lowest BCUT2D eigenvalue weighted by molar-refractivity contribution is 0.101. The number of carbonyl (C=O) groups excluding carboxylic acids is 1. The summed E-state index contributed by atoms with van der Waals surface area (Å²) >= 11 is 0. The number of halogens is 3. The van der Waals surface area contributed by atoms with Crippen molar-refractivity contribution in [2.75, 3.05) is 0 Å². The second-order valence-corrected chi connectivity index (χ2v) is 3.07. The van der Waals surface area contributed by atoms with Crippen LogP contribution in [-0.4, -0.2) is 5.78 Å². The minimum atomic E-state index is -2.90. The average Bonchev–Trinajstić information content (AvgIpc) is 2.07. The fourth-order valence-electron chi connectivity index (χ4n) is 1.21. The van der Waals surface area contributed by atoms with Crippen molar-refractivity contribution in [3.63, 3.8) is 0 Å². The molecule has 0 bridgehead atoms. The third kappa shape index (κ3) is 1.95. The summed E-state index contributed by atoms with van der Waals surface area (Å²) in [6.07, 6.45) is -2.90. The van der Waals surface area contributed by atoms with Gasteiger partial charge in [0.05, 0.1) is 11.1 Å². The summed E-state index contributed by atoms with van der Waals surface area (Å²) in [4.78, 5) is 10.9. The molecular weight excluding hydrogens is 193 g/mol. The van der Waals surface area contributed by atoms with Gasteiger partial charge in [-0.3, -0.25) is 4.79 Å². The van der Waals surface area contributed by atoms with E-state index < -0.39 is 23.6 Å². The summed E-state index contributed by atoms with van der Waals surface area (Å²) in [5, 5.41) is 0. The molecule has 0 aromatic heterocycles. The number of rotatable bonds is 2. The van der Waals surface area contributed by atoms with E-state index in [4.69, 9.17) is 0 Å². The van der Waals surface area contributed by atoms with Crippen molar-refractivity contribution in [3.8, 4) is 0 Å². The third-order valence-corrected chi connectivity index (χ3v) is 1.86. The second kappa shape index (κ2) is 3.82. The van der Waals surface area contributed by atoms with Crippen molar-refractivity contribution in [2.24, 2.45) is 0 Å². The Labute approximate surface area is 79.5 Å². The van der Waals surface area contributed by atoms with Crippen LogP contribution >= 0.6 is 0 Å². The van der Waals surface area contributed by atoms with Gasteiger partial charge in [0, 0.05) is 0 Å². The first kappa shape index (κ1) is 10.8. The fraction of sp³-hybridized carbons (Fsp3) is 0.300. The van der Waals surface area contributed by atoms with Gasteiger partial charge >= 0.3 is 0 Å². The molecule has 0 aliphatic heterocycles. The van der Waals surface area contributed by atoms with Crippen molar-refractivity contribution in [2.45, 2.75) is 20.3 Å². The Hall–Kier alpha value is -1.32. The standard InChI is InChI=1S/C10H9F3O/c1-5-3-7(6(2)14)9(11)8(4-5)10(12)13/h3-4,10H,1-2H3. The van der Waals surface area contributed by atoms with E-state index in [1.54, 1.807) is 0 Å². The van der Waals surface area contributed by atoms with E-state index in [9.17, 15) is 18.0 Å². The number of alkyl halides is 2. The van der Waals surface area contributed by atoms with Crippen molar-refractivity contribution in [1.82, 2.24) is 0 Å². The molecule has 1 rings (SSSR count). The van der Waals surface area contributed by atoms with Gasteiger partial charge in [0.25, 0.3) is 6.43 Å². The third-order valence-electron chi connectivity index (χ3n) is 1.86. The summed E-state index contributed by atoms with van der Waals surface area (Å²) in [6.45, 7) is 2.69. The van der Waals surface area contributed by atoms with Crippen molar-refractivity contribution in [3.05, 3.63) is 34.6 Å². The molecule has 1 aromatic rings. The highest BCUT2D eigenvalue weighted by Gasteiger charge is 2.19. The van der Waals surface area contributed by atoms with Gasteiger partial charge in [-0.15, -0.1) is 0 Å². The Balaban J connectivity index is 3.40. The zero-order valence-electron chi connectivity index (χ0n) is 7.77. The van der Waals surface area contributed by atoms with Crippen LogP contribution in [0, 0.1) is 12.7 Å². The van der Waals surface area contributed by atoms with Crippen molar-refractivity contribution in [1.29, 1.82) is 0 Å². The zero-order valence-corrected chi connectivity index (χ0v) is 7.77. The molecule has 0 amide bonds. The highest BCUT2D eigenvalue weighted by atomic mass is 19.3. The Morgan fingerprint density at radius 1 is 1.36 bits per heavy atom. The monoisotopic (exact) mass is 202 g/mol. The van der Waals surface area contributed by atoms with E-state index in [0.29, 0.717) is 5.56 Å². The molecule has 76 valence electrons. The zero-order chi connectivity index (χ0) is 10.9. The maximum Gasteiger partial charge on any atom is 0.266 e. The predicted octanol–water partition coefficient (Wildman–Crippen LogP) is 3.27. The molecule has 0 heterocycles. The smallest absolute Gasteiger partial charge is 0.266 e. The van der Waals surface area contributed by atoms with Crippen LogP contribution in [0.25, 0.3) is 0 Å². The number of Topliss-reactive ketones (excluding diaryl/α,β-unsaturated/α-hetero) is 1. The van der Waals surface area contributed by atoms with Crippen LogP contribution < -0.4 is 0 Å². The van der Waals surface area contributed by atoms with E-state index in [1.165, 1.54) is 13.0 Å². The van der Waals surface area contributed by atoms with Gasteiger partial charge in [-0.05, 0) is 31.5 Å². The van der Waals surface area contributed by atoms with Gasteiger partial charge in [0.1, 0.15) is 5.82 Å². The first-order valence-corrected chi connectivity index (χ1v) is 4.02. The van der Waals surface area contributed by atoms with E-state index in [2.05, 4.69) is 0 Å². The number of hydrogen-bond donors (Lipinski definition) is 0. The Kier molecular flexibility index (Phi) is 2.93. The summed E-state index contributed by atoms with van der Waals surface area (Å²) in [5.41, 5.74) is -0.539. The lowest BCUT2D eigenvalue weighted by atomic mass is 10.0. The largest absolute Gasteiger partial charge is 0.294 e. The van der Waals surface area contributed by atoms with Crippen LogP contribution in [0.15, 0.2) is 12.1 Å². The molecule has 0 N–H and O–H groups in total. The van der Waals surface area contributed by atoms with E-state index in [1.807, 2.05) is 0 Å². The van der Waals surface area contributed by atoms with Gasteiger partial charge in [0.15, 0.2) is 5.78 Å². The molecule has 0 aliphatic carbocycles. The van der Waals surface area contributed by atoms with Gasteiger partial charge in [0.2, 0.25) is 0 Å². The first-order chi connectivity index (χ1) is 6.43. The fourth-order valence-corrected chi connectivity index (χ4v) is 1.21. The molecule has 0 saturated carbocycles. The quantitative estimate of drug-likeness (QED) is 0.672. The molecule has 0 atom stereocenters. The molecular formula is C10H9F3O. The number of hydrogen-bond acceptors (Lipinski definition) is 1. The highest BCUT2D eigenvalue weighted by molar-refractivity contribution is 5.94. The number of benzene rings is 1. The van der Waals surface area contributed by atoms with Gasteiger partial charge < -0.3 is 0 Å². The number of carbonyl (C=O) groups is 1. The maximum atomic E-state index is 13.3. The Morgan fingerprint density at radius 2 is 1.93 bits per heavy atom. The first-order valence-electron chi connectivity index (χ1n) is 4.02. The van der Waals surface area contributed by atoms with Crippen LogP contribution in [0.1, 0.15) is 34.8 Å². The lowest BCUT2D eigenvalue weighted by Crippen LogP contribution is -2.03. The minimum absolute atomic E-state index is 0.277. The summed E-state index contributed by atoms with van der Waals surface area (Å²) < 4.78 is 37.9. The normalized spacial score (nSPS) is 10.7. The molecule has 4 heteroatoms. The molecule has 0 fully saturated rings. The molecule has 0 radical (unpaired) electrons. The Bertz CT molecular complexity index is 372. The van der Waals surface area contributed by atoms with Crippen molar-refractivity contribution >= 4 is 5.78 Å². The molecule has 14 heavy (non-hydrogen) atoms. The van der Waals surface area contributed by atoms with Gasteiger partial charge in [-0.2, -0.15) is 0 Å². The Morgan fingerprint density at radius 3 is 2.36 bits per heavy atom. The maximum absolute atomic E-state index is 13.3. The van der Waals surface area contributed by atoms with E-state index >= 15 is 0 Å².